The van der Waals surface area contributed by atoms with Crippen LogP contribution in [-0.4, -0.2) is 23.3 Å². The molecule has 1 heterocycles. The van der Waals surface area contributed by atoms with E-state index in [1.165, 1.54) is 0 Å². The van der Waals surface area contributed by atoms with Crippen molar-refractivity contribution >= 4 is 10.9 Å². The molecule has 0 unspecified atom stereocenters. The zero-order valence-electron chi connectivity index (χ0n) is 11.4. The quantitative estimate of drug-likeness (QED) is 0.772. The van der Waals surface area contributed by atoms with Crippen molar-refractivity contribution in [3.8, 4) is 16.9 Å². The van der Waals surface area contributed by atoms with Gasteiger partial charge in [-0.2, -0.15) is 0 Å². The minimum absolute atomic E-state index is 0.0217. The van der Waals surface area contributed by atoms with Gasteiger partial charge in [0.1, 0.15) is 12.4 Å². The SMILES string of the molecule is O=c1[nH]c2ccccc2cc1-c1ccc(OCCO)cc1. The van der Waals surface area contributed by atoms with E-state index in [0.29, 0.717) is 11.3 Å². The van der Waals surface area contributed by atoms with Crippen molar-refractivity contribution in [1.29, 1.82) is 0 Å². The molecule has 21 heavy (non-hydrogen) atoms. The standard InChI is InChI=1S/C17H15NO3/c19-9-10-21-14-7-5-12(6-8-14)15-11-13-3-1-2-4-16(13)18-17(15)20/h1-8,11,19H,9-10H2,(H,18,20). The summed E-state index contributed by atoms with van der Waals surface area (Å²) in [5, 5.41) is 9.72. The lowest BCUT2D eigenvalue weighted by atomic mass is 10.1. The minimum Gasteiger partial charge on any atom is -0.491 e. The number of aromatic nitrogens is 1. The van der Waals surface area contributed by atoms with E-state index < -0.39 is 0 Å². The van der Waals surface area contributed by atoms with Crippen LogP contribution in [0.4, 0.5) is 0 Å². The first-order chi connectivity index (χ1) is 10.3. The third-order valence-corrected chi connectivity index (χ3v) is 3.28. The Bertz CT molecular complexity index is 806. The Labute approximate surface area is 121 Å². The smallest absolute Gasteiger partial charge is 0.256 e. The number of pyridine rings is 1. The Morgan fingerprint density at radius 2 is 1.81 bits per heavy atom. The first kappa shape index (κ1) is 13.4. The molecule has 106 valence electrons. The number of nitrogens with one attached hydrogen (secondary N) is 1. The normalized spacial score (nSPS) is 10.7. The van der Waals surface area contributed by atoms with Gasteiger partial charge in [0.2, 0.25) is 0 Å². The van der Waals surface area contributed by atoms with Gasteiger partial charge in [0.15, 0.2) is 0 Å². The second-order valence-corrected chi connectivity index (χ2v) is 4.70. The van der Waals surface area contributed by atoms with Crippen molar-refractivity contribution < 1.29 is 9.84 Å². The van der Waals surface area contributed by atoms with Gasteiger partial charge in [0.05, 0.1) is 6.61 Å². The molecule has 3 rings (SSSR count). The highest BCUT2D eigenvalue weighted by atomic mass is 16.5. The summed E-state index contributed by atoms with van der Waals surface area (Å²) < 4.78 is 5.31. The summed E-state index contributed by atoms with van der Waals surface area (Å²) in [4.78, 5) is 15.1. The van der Waals surface area contributed by atoms with Crippen molar-refractivity contribution in [1.82, 2.24) is 4.98 Å². The summed E-state index contributed by atoms with van der Waals surface area (Å²) >= 11 is 0. The molecule has 0 fully saturated rings. The number of ether oxygens (including phenoxy) is 1. The van der Waals surface area contributed by atoms with Gasteiger partial charge in [0, 0.05) is 11.1 Å². The number of H-pyrrole nitrogens is 1. The number of para-hydroxylation sites is 1. The van der Waals surface area contributed by atoms with Crippen LogP contribution in [0.3, 0.4) is 0 Å². The lowest BCUT2D eigenvalue weighted by Crippen LogP contribution is -2.08. The zero-order chi connectivity index (χ0) is 14.7. The molecule has 0 saturated carbocycles. The molecule has 0 aliphatic carbocycles. The third kappa shape index (κ3) is 2.80. The van der Waals surface area contributed by atoms with E-state index in [-0.39, 0.29) is 18.8 Å². The molecule has 4 heteroatoms. The highest BCUT2D eigenvalue weighted by molar-refractivity contribution is 5.83. The van der Waals surface area contributed by atoms with Gasteiger partial charge >= 0.3 is 0 Å². The van der Waals surface area contributed by atoms with Gasteiger partial charge in [0.25, 0.3) is 5.56 Å². The molecule has 2 aromatic carbocycles. The van der Waals surface area contributed by atoms with Gasteiger partial charge in [-0.1, -0.05) is 30.3 Å². The average molecular weight is 281 g/mol. The zero-order valence-corrected chi connectivity index (χ0v) is 11.4. The van der Waals surface area contributed by atoms with Crippen LogP contribution in [0.2, 0.25) is 0 Å². The molecular formula is C17H15NO3. The number of hydrogen-bond acceptors (Lipinski definition) is 3. The molecule has 2 N–H and O–H groups in total. The highest BCUT2D eigenvalue weighted by Gasteiger charge is 2.05. The second kappa shape index (κ2) is 5.81. The third-order valence-electron chi connectivity index (χ3n) is 3.28. The van der Waals surface area contributed by atoms with Crippen molar-refractivity contribution in [2.24, 2.45) is 0 Å². The fraction of sp³-hybridized carbons (Fsp3) is 0.118. The number of aromatic amines is 1. The Hall–Kier alpha value is -2.59. The molecule has 0 aliphatic heterocycles. The first-order valence-electron chi connectivity index (χ1n) is 6.74. The Kier molecular flexibility index (Phi) is 3.71. The summed E-state index contributed by atoms with van der Waals surface area (Å²) in [7, 11) is 0. The number of benzene rings is 2. The predicted molar refractivity (Wildman–Crippen MR) is 82.6 cm³/mol. The predicted octanol–water partition coefficient (Wildman–Crippen LogP) is 2.57. The van der Waals surface area contributed by atoms with Crippen LogP contribution in [0.5, 0.6) is 5.75 Å². The molecule has 0 bridgehead atoms. The Balaban J connectivity index is 1.99. The van der Waals surface area contributed by atoms with Gasteiger partial charge in [-0.25, -0.2) is 0 Å². The number of aliphatic hydroxyl groups excluding tert-OH is 1. The van der Waals surface area contributed by atoms with Crippen molar-refractivity contribution in [3.05, 3.63) is 65.0 Å². The maximum atomic E-state index is 12.2. The number of rotatable bonds is 4. The molecule has 4 nitrogen and oxygen atoms in total. The lowest BCUT2D eigenvalue weighted by molar-refractivity contribution is 0.201. The van der Waals surface area contributed by atoms with Gasteiger partial charge in [-0.05, 0) is 35.2 Å². The maximum absolute atomic E-state index is 12.2. The monoisotopic (exact) mass is 281 g/mol. The van der Waals surface area contributed by atoms with Gasteiger partial charge < -0.3 is 14.8 Å². The molecule has 0 saturated heterocycles. The largest absolute Gasteiger partial charge is 0.491 e. The maximum Gasteiger partial charge on any atom is 0.256 e. The molecule has 3 aromatic rings. The minimum atomic E-state index is -0.113. The fourth-order valence-electron chi connectivity index (χ4n) is 2.26. The van der Waals surface area contributed by atoms with E-state index in [4.69, 9.17) is 9.84 Å². The van der Waals surface area contributed by atoms with E-state index >= 15 is 0 Å². The van der Waals surface area contributed by atoms with Crippen LogP contribution < -0.4 is 10.3 Å². The summed E-state index contributed by atoms with van der Waals surface area (Å²) in [6, 6.07) is 16.8. The summed E-state index contributed by atoms with van der Waals surface area (Å²) in [5.74, 6) is 0.671. The Morgan fingerprint density at radius 3 is 2.57 bits per heavy atom. The van der Waals surface area contributed by atoms with Crippen LogP contribution in [-0.2, 0) is 0 Å². The van der Waals surface area contributed by atoms with Crippen molar-refractivity contribution in [3.63, 3.8) is 0 Å². The fourth-order valence-corrected chi connectivity index (χ4v) is 2.26. The molecule has 0 spiro atoms. The van der Waals surface area contributed by atoms with Crippen molar-refractivity contribution in [2.45, 2.75) is 0 Å². The first-order valence-corrected chi connectivity index (χ1v) is 6.74. The molecule has 0 amide bonds. The topological polar surface area (TPSA) is 62.3 Å². The van der Waals surface area contributed by atoms with E-state index in [2.05, 4.69) is 4.98 Å². The van der Waals surface area contributed by atoms with Crippen molar-refractivity contribution in [2.75, 3.05) is 13.2 Å². The molecule has 0 radical (unpaired) electrons. The average Bonchev–Trinajstić information content (AvgIpc) is 2.53. The van der Waals surface area contributed by atoms with Crippen LogP contribution in [0.15, 0.2) is 59.4 Å². The summed E-state index contributed by atoms with van der Waals surface area (Å²) in [5.41, 5.74) is 2.17. The highest BCUT2D eigenvalue weighted by Crippen LogP contribution is 2.22. The number of aliphatic hydroxyl groups is 1. The molecular weight excluding hydrogens is 266 g/mol. The summed E-state index contributed by atoms with van der Waals surface area (Å²) in [6.45, 7) is 0.238. The van der Waals surface area contributed by atoms with Crippen LogP contribution in [0.25, 0.3) is 22.0 Å². The van der Waals surface area contributed by atoms with Gasteiger partial charge in [-0.15, -0.1) is 0 Å². The van der Waals surface area contributed by atoms with E-state index in [9.17, 15) is 4.79 Å². The molecule has 0 aliphatic rings. The Morgan fingerprint density at radius 1 is 1.05 bits per heavy atom. The van der Waals surface area contributed by atoms with Crippen LogP contribution in [0, 0.1) is 0 Å². The van der Waals surface area contributed by atoms with E-state index in [0.717, 1.165) is 16.5 Å². The number of fused-ring (bicyclic) bond motifs is 1. The second-order valence-electron chi connectivity index (χ2n) is 4.70. The molecule has 1 aromatic heterocycles. The summed E-state index contributed by atoms with van der Waals surface area (Å²) in [6.07, 6.45) is 0. The lowest BCUT2D eigenvalue weighted by Gasteiger charge is -2.06. The molecule has 0 atom stereocenters. The number of hydrogen-bond donors (Lipinski definition) is 2. The van der Waals surface area contributed by atoms with E-state index in [1.54, 1.807) is 12.1 Å². The van der Waals surface area contributed by atoms with Gasteiger partial charge in [-0.3, -0.25) is 4.79 Å². The van der Waals surface area contributed by atoms with Crippen LogP contribution >= 0.6 is 0 Å². The van der Waals surface area contributed by atoms with Crippen LogP contribution in [0.1, 0.15) is 0 Å². The van der Waals surface area contributed by atoms with E-state index in [1.807, 2.05) is 42.5 Å².